The number of hydrogen-bond donors (Lipinski definition) is 1. The van der Waals surface area contributed by atoms with Crippen LogP contribution in [0.2, 0.25) is 0 Å². The number of sulfonamides is 1. The molecule has 180 valence electrons. The summed E-state index contributed by atoms with van der Waals surface area (Å²) in [6, 6.07) is 10.5. The Kier molecular flexibility index (Phi) is 6.78. The van der Waals surface area contributed by atoms with Crippen LogP contribution in [0.3, 0.4) is 0 Å². The molecule has 1 amide bonds. The molecule has 4 rings (SSSR count). The Morgan fingerprint density at radius 2 is 1.91 bits per heavy atom. The van der Waals surface area contributed by atoms with Gasteiger partial charge in [-0.3, -0.25) is 9.10 Å². The van der Waals surface area contributed by atoms with Gasteiger partial charge < -0.3 is 19.5 Å². The van der Waals surface area contributed by atoms with Gasteiger partial charge in [0.25, 0.3) is 15.9 Å². The predicted molar refractivity (Wildman–Crippen MR) is 125 cm³/mol. The van der Waals surface area contributed by atoms with Crippen molar-refractivity contribution >= 4 is 33.7 Å². The molecule has 0 bridgehead atoms. The number of carbonyl (C=O) groups is 2. The summed E-state index contributed by atoms with van der Waals surface area (Å²) >= 11 is 0. The molecule has 1 fully saturated rings. The zero-order valence-electron chi connectivity index (χ0n) is 18.9. The molecule has 0 aromatic heterocycles. The van der Waals surface area contributed by atoms with Gasteiger partial charge in [-0.15, -0.1) is 0 Å². The lowest BCUT2D eigenvalue weighted by Gasteiger charge is -2.22. The maximum absolute atomic E-state index is 13.6. The molecule has 9 nitrogen and oxygen atoms in total. The third kappa shape index (κ3) is 5.01. The molecule has 34 heavy (non-hydrogen) atoms. The number of esters is 1. The molecule has 0 spiro atoms. The molecule has 1 N–H and O–H groups in total. The summed E-state index contributed by atoms with van der Waals surface area (Å²) < 4.78 is 44.3. The van der Waals surface area contributed by atoms with Crippen molar-refractivity contribution in [3.05, 3.63) is 53.6 Å². The Bertz CT molecular complexity index is 1240. The number of nitrogens with one attached hydrogen (secondary N) is 1. The van der Waals surface area contributed by atoms with E-state index in [1.165, 1.54) is 30.7 Å². The van der Waals surface area contributed by atoms with Crippen LogP contribution in [0.5, 0.6) is 11.5 Å². The molecule has 0 atom stereocenters. The largest absolute Gasteiger partial charge is 0.493 e. The lowest BCUT2D eigenvalue weighted by atomic mass is 10.2. The number of rotatable bonds is 9. The molecule has 0 saturated heterocycles. The first-order valence-electron chi connectivity index (χ1n) is 10.8. The van der Waals surface area contributed by atoms with Gasteiger partial charge in [0, 0.05) is 18.7 Å². The lowest BCUT2D eigenvalue weighted by Crippen LogP contribution is -2.30. The topological polar surface area (TPSA) is 111 Å². The second kappa shape index (κ2) is 9.76. The minimum Gasteiger partial charge on any atom is -0.493 e. The van der Waals surface area contributed by atoms with Gasteiger partial charge >= 0.3 is 5.97 Å². The van der Waals surface area contributed by atoms with Crippen LogP contribution in [-0.4, -0.2) is 53.7 Å². The van der Waals surface area contributed by atoms with Crippen LogP contribution in [0, 0.1) is 0 Å². The maximum Gasteiger partial charge on any atom is 0.331 e. The molecule has 1 aliphatic carbocycles. The molecule has 1 aliphatic heterocycles. The maximum atomic E-state index is 13.6. The number of hydrogen-bond acceptors (Lipinski definition) is 7. The summed E-state index contributed by atoms with van der Waals surface area (Å²) in [5.41, 5.74) is 1.96. The zero-order chi connectivity index (χ0) is 24.3. The molecule has 0 unspecified atom stereocenters. The molecule has 0 radical (unpaired) electrons. The SMILES string of the molecule is COc1cc(C=CC(=O)OCC(=O)NC2CC2)cc(S(=O)(=O)N2CCc3ccccc32)c1OC. The Labute approximate surface area is 198 Å². The zero-order valence-corrected chi connectivity index (χ0v) is 19.8. The van der Waals surface area contributed by atoms with Gasteiger partial charge in [-0.25, -0.2) is 13.2 Å². The second-order valence-electron chi connectivity index (χ2n) is 7.99. The third-order valence-electron chi connectivity index (χ3n) is 5.58. The highest BCUT2D eigenvalue weighted by molar-refractivity contribution is 7.93. The molecule has 1 saturated carbocycles. The number of nitrogens with zero attached hydrogens (tertiary/aromatic N) is 1. The Morgan fingerprint density at radius 1 is 1.15 bits per heavy atom. The summed E-state index contributed by atoms with van der Waals surface area (Å²) in [5.74, 6) is -0.801. The van der Waals surface area contributed by atoms with Crippen molar-refractivity contribution in [2.24, 2.45) is 0 Å². The molecular formula is C24H26N2O7S. The van der Waals surface area contributed by atoms with Crippen molar-refractivity contribution in [2.45, 2.75) is 30.2 Å². The second-order valence-corrected chi connectivity index (χ2v) is 9.82. The minimum atomic E-state index is -3.99. The number of amides is 1. The summed E-state index contributed by atoms with van der Waals surface area (Å²) in [5, 5.41) is 2.73. The molecule has 2 aromatic carbocycles. The van der Waals surface area contributed by atoms with E-state index >= 15 is 0 Å². The molecule has 1 heterocycles. The number of benzene rings is 2. The average molecular weight is 487 g/mol. The van der Waals surface area contributed by atoms with Gasteiger partial charge in [-0.05, 0) is 54.7 Å². The number of anilines is 1. The van der Waals surface area contributed by atoms with Crippen LogP contribution in [0.1, 0.15) is 24.0 Å². The Balaban J connectivity index is 1.59. The first-order chi connectivity index (χ1) is 16.3. The smallest absolute Gasteiger partial charge is 0.331 e. The lowest BCUT2D eigenvalue weighted by molar-refractivity contribution is -0.143. The fraction of sp³-hybridized carbons (Fsp3) is 0.333. The summed E-state index contributed by atoms with van der Waals surface area (Å²) in [4.78, 5) is 23.7. The van der Waals surface area contributed by atoms with Gasteiger partial charge in [0.1, 0.15) is 4.90 Å². The number of carbonyl (C=O) groups excluding carboxylic acids is 2. The first kappa shape index (κ1) is 23.6. The predicted octanol–water partition coefficient (Wildman–Crippen LogP) is 2.29. The van der Waals surface area contributed by atoms with Crippen molar-refractivity contribution in [1.82, 2.24) is 5.32 Å². The van der Waals surface area contributed by atoms with Gasteiger partial charge in [-0.2, -0.15) is 0 Å². The van der Waals surface area contributed by atoms with Crippen LogP contribution in [0.25, 0.3) is 6.08 Å². The normalized spacial score (nSPS) is 15.2. The fourth-order valence-corrected chi connectivity index (χ4v) is 5.47. The Morgan fingerprint density at radius 3 is 2.62 bits per heavy atom. The van der Waals surface area contributed by atoms with E-state index in [-0.39, 0.29) is 35.0 Å². The van der Waals surface area contributed by atoms with Crippen molar-refractivity contribution in [3.63, 3.8) is 0 Å². The summed E-state index contributed by atoms with van der Waals surface area (Å²) in [7, 11) is -1.22. The van der Waals surface area contributed by atoms with E-state index in [4.69, 9.17) is 14.2 Å². The average Bonchev–Trinajstić information content (AvgIpc) is 3.54. The minimum absolute atomic E-state index is 0.0726. The van der Waals surface area contributed by atoms with Crippen LogP contribution < -0.4 is 19.1 Å². The van der Waals surface area contributed by atoms with Gasteiger partial charge in [-0.1, -0.05) is 18.2 Å². The molecule has 2 aliphatic rings. The highest BCUT2D eigenvalue weighted by Gasteiger charge is 2.34. The van der Waals surface area contributed by atoms with Crippen LogP contribution >= 0.6 is 0 Å². The monoisotopic (exact) mass is 486 g/mol. The van der Waals surface area contributed by atoms with Gasteiger partial charge in [0.05, 0.1) is 19.9 Å². The van der Waals surface area contributed by atoms with E-state index < -0.39 is 16.0 Å². The van der Waals surface area contributed by atoms with Crippen LogP contribution in [0.15, 0.2) is 47.4 Å². The molecular weight excluding hydrogens is 460 g/mol. The van der Waals surface area contributed by atoms with Crippen molar-refractivity contribution in [3.8, 4) is 11.5 Å². The quantitative estimate of drug-likeness (QED) is 0.428. The van der Waals surface area contributed by atoms with E-state index in [0.717, 1.165) is 24.5 Å². The van der Waals surface area contributed by atoms with E-state index in [1.807, 2.05) is 12.1 Å². The van der Waals surface area contributed by atoms with E-state index in [9.17, 15) is 18.0 Å². The van der Waals surface area contributed by atoms with Crippen molar-refractivity contribution < 1.29 is 32.2 Å². The van der Waals surface area contributed by atoms with Gasteiger partial charge in [0.15, 0.2) is 18.1 Å². The van der Waals surface area contributed by atoms with E-state index in [0.29, 0.717) is 24.2 Å². The summed E-state index contributed by atoms with van der Waals surface area (Å²) in [6.45, 7) is -0.0674. The highest BCUT2D eigenvalue weighted by Crippen LogP contribution is 2.40. The van der Waals surface area contributed by atoms with Crippen LogP contribution in [0.4, 0.5) is 5.69 Å². The first-order valence-corrected chi connectivity index (χ1v) is 12.3. The van der Waals surface area contributed by atoms with Crippen molar-refractivity contribution in [1.29, 1.82) is 0 Å². The number of fused-ring (bicyclic) bond motifs is 1. The standard InChI is InChI=1S/C24H26N2O7S/c1-31-20-13-16(7-10-23(28)33-15-22(27)25-18-8-9-18)14-21(24(20)32-2)34(29,30)26-12-11-17-5-3-4-6-19(17)26/h3-7,10,13-14,18H,8-9,11-12,15H2,1-2H3,(H,25,27). The highest BCUT2D eigenvalue weighted by atomic mass is 32.2. The Hall–Kier alpha value is -3.53. The fourth-order valence-electron chi connectivity index (χ4n) is 3.76. The molecule has 10 heteroatoms. The van der Waals surface area contributed by atoms with Gasteiger partial charge in [0.2, 0.25) is 0 Å². The van der Waals surface area contributed by atoms with E-state index in [2.05, 4.69) is 5.32 Å². The van der Waals surface area contributed by atoms with Crippen LogP contribution in [-0.2, 0) is 30.8 Å². The number of para-hydroxylation sites is 1. The van der Waals surface area contributed by atoms with E-state index in [1.54, 1.807) is 18.2 Å². The number of ether oxygens (including phenoxy) is 3. The summed E-state index contributed by atoms with van der Waals surface area (Å²) in [6.07, 6.45) is 5.02. The number of methoxy groups -OCH3 is 2. The van der Waals surface area contributed by atoms with Crippen molar-refractivity contribution in [2.75, 3.05) is 31.7 Å². The molecule has 2 aromatic rings. The third-order valence-corrected chi connectivity index (χ3v) is 7.40.